The summed E-state index contributed by atoms with van der Waals surface area (Å²) in [6.07, 6.45) is 0. The second-order valence-corrected chi connectivity index (χ2v) is 7.23. The highest BCUT2D eigenvalue weighted by atomic mass is 19.1. The highest BCUT2D eigenvalue weighted by Gasteiger charge is 2.27. The minimum Gasteiger partial charge on any atom is -0.444 e. The van der Waals surface area contributed by atoms with Gasteiger partial charge in [0.05, 0.1) is 23.6 Å². The van der Waals surface area contributed by atoms with Gasteiger partial charge in [0.25, 0.3) is 5.91 Å². The molecule has 0 spiro atoms. The number of hydrogen-bond acceptors (Lipinski definition) is 6. The van der Waals surface area contributed by atoms with Gasteiger partial charge in [-0.15, -0.1) is 5.10 Å². The Morgan fingerprint density at radius 2 is 1.79 bits per heavy atom. The van der Waals surface area contributed by atoms with Crippen molar-refractivity contribution in [2.24, 2.45) is 0 Å². The van der Waals surface area contributed by atoms with E-state index in [1.54, 1.807) is 28.6 Å². The summed E-state index contributed by atoms with van der Waals surface area (Å²) in [6.45, 7) is 8.93. The van der Waals surface area contributed by atoms with Crippen molar-refractivity contribution in [1.29, 1.82) is 0 Å². The van der Waals surface area contributed by atoms with Gasteiger partial charge in [0.15, 0.2) is 5.69 Å². The molecule has 0 radical (unpaired) electrons. The molecule has 0 bridgehead atoms. The fraction of sp³-hybridized carbons (Fsp3) is 0.400. The summed E-state index contributed by atoms with van der Waals surface area (Å²) >= 11 is 0. The first-order valence-corrected chi connectivity index (χ1v) is 9.55. The minimum absolute atomic E-state index is 0.140. The zero-order valence-electron chi connectivity index (χ0n) is 16.7. The summed E-state index contributed by atoms with van der Waals surface area (Å²) in [6, 6.07) is 5.92. The van der Waals surface area contributed by atoms with Crippen LogP contribution in [0.5, 0.6) is 0 Å². The zero-order chi connectivity index (χ0) is 20.5. The number of piperazine rings is 1. The van der Waals surface area contributed by atoms with E-state index < -0.39 is 0 Å². The fourth-order valence-electron chi connectivity index (χ4n) is 3.41. The van der Waals surface area contributed by atoms with Crippen LogP contribution in [0.25, 0.3) is 5.69 Å². The third kappa shape index (κ3) is 3.91. The van der Waals surface area contributed by atoms with Crippen molar-refractivity contribution in [2.75, 3.05) is 26.2 Å². The lowest BCUT2D eigenvalue weighted by Gasteiger charge is -2.33. The largest absolute Gasteiger partial charge is 0.444 e. The number of amides is 1. The standard InChI is InChI=1S/C20H23FN6O2/c1-13-15(3)29-18(22-13)12-25-8-10-26(11-9-25)20(28)19-14(2)27(24-23-19)17-6-4-16(21)5-7-17/h4-7H,8-12H2,1-3H3. The van der Waals surface area contributed by atoms with Crippen molar-refractivity contribution >= 4 is 5.91 Å². The Morgan fingerprint density at radius 1 is 1.10 bits per heavy atom. The number of hydrogen-bond donors (Lipinski definition) is 0. The molecular weight excluding hydrogens is 375 g/mol. The van der Waals surface area contributed by atoms with Gasteiger partial charge in [-0.3, -0.25) is 9.69 Å². The Kier molecular flexibility index (Phi) is 5.14. The number of oxazole rings is 1. The van der Waals surface area contributed by atoms with Crippen LogP contribution in [0.4, 0.5) is 4.39 Å². The number of benzene rings is 1. The van der Waals surface area contributed by atoms with E-state index in [2.05, 4.69) is 20.2 Å². The van der Waals surface area contributed by atoms with E-state index >= 15 is 0 Å². The molecule has 1 aromatic carbocycles. The van der Waals surface area contributed by atoms with Crippen LogP contribution in [0.1, 0.15) is 33.5 Å². The lowest BCUT2D eigenvalue weighted by Crippen LogP contribution is -2.48. The van der Waals surface area contributed by atoms with Crippen molar-refractivity contribution in [2.45, 2.75) is 27.3 Å². The molecule has 1 saturated heterocycles. The summed E-state index contributed by atoms with van der Waals surface area (Å²) < 4.78 is 20.4. The van der Waals surface area contributed by atoms with Crippen LogP contribution in [-0.2, 0) is 6.54 Å². The predicted molar refractivity (Wildman–Crippen MR) is 103 cm³/mol. The third-order valence-electron chi connectivity index (χ3n) is 5.26. The quantitative estimate of drug-likeness (QED) is 0.671. The molecule has 0 unspecified atom stereocenters. The number of nitrogens with zero attached hydrogens (tertiary/aromatic N) is 6. The number of rotatable bonds is 4. The SMILES string of the molecule is Cc1nc(CN2CCN(C(=O)c3nnn(-c4ccc(F)cc4)c3C)CC2)oc1C. The third-order valence-corrected chi connectivity index (χ3v) is 5.26. The van der Waals surface area contributed by atoms with Gasteiger partial charge in [0.1, 0.15) is 11.6 Å². The van der Waals surface area contributed by atoms with Crippen LogP contribution in [0.3, 0.4) is 0 Å². The van der Waals surface area contributed by atoms with Gasteiger partial charge in [-0.05, 0) is 45.0 Å². The van der Waals surface area contributed by atoms with E-state index in [0.29, 0.717) is 42.6 Å². The maximum atomic E-state index is 13.1. The Bertz CT molecular complexity index is 999. The Labute approximate surface area is 167 Å². The maximum Gasteiger partial charge on any atom is 0.276 e. The van der Waals surface area contributed by atoms with Gasteiger partial charge in [-0.1, -0.05) is 5.21 Å². The predicted octanol–water partition coefficient (Wildman–Crippen LogP) is 2.28. The molecule has 1 aliphatic rings. The number of carbonyl (C=O) groups excluding carboxylic acids is 1. The molecule has 1 fully saturated rings. The molecule has 2 aromatic heterocycles. The van der Waals surface area contributed by atoms with E-state index in [4.69, 9.17) is 4.42 Å². The number of aromatic nitrogens is 4. The van der Waals surface area contributed by atoms with E-state index in [9.17, 15) is 9.18 Å². The first kappa shape index (κ1) is 19.3. The van der Waals surface area contributed by atoms with Crippen molar-refractivity contribution < 1.29 is 13.6 Å². The molecule has 0 atom stereocenters. The van der Waals surface area contributed by atoms with E-state index in [0.717, 1.165) is 24.5 Å². The van der Waals surface area contributed by atoms with Crippen LogP contribution in [0.2, 0.25) is 0 Å². The first-order chi connectivity index (χ1) is 13.9. The molecule has 8 nitrogen and oxygen atoms in total. The van der Waals surface area contributed by atoms with Crippen LogP contribution < -0.4 is 0 Å². The van der Waals surface area contributed by atoms with Crippen molar-refractivity contribution in [3.63, 3.8) is 0 Å². The van der Waals surface area contributed by atoms with Crippen LogP contribution in [0.15, 0.2) is 28.7 Å². The number of aryl methyl sites for hydroxylation is 2. The molecular formula is C20H23FN6O2. The monoisotopic (exact) mass is 398 g/mol. The van der Waals surface area contributed by atoms with Crippen molar-refractivity contribution in [3.05, 3.63) is 58.8 Å². The molecule has 1 aliphatic heterocycles. The minimum atomic E-state index is -0.323. The summed E-state index contributed by atoms with van der Waals surface area (Å²) in [7, 11) is 0. The molecule has 3 heterocycles. The fourth-order valence-corrected chi connectivity index (χ4v) is 3.41. The first-order valence-electron chi connectivity index (χ1n) is 9.55. The van der Waals surface area contributed by atoms with Gasteiger partial charge < -0.3 is 9.32 Å². The van der Waals surface area contributed by atoms with Crippen LogP contribution >= 0.6 is 0 Å². The summed E-state index contributed by atoms with van der Waals surface area (Å²) in [5.41, 5.74) is 2.53. The van der Waals surface area contributed by atoms with Crippen LogP contribution in [-0.4, -0.2) is 61.9 Å². The average molecular weight is 398 g/mol. The van der Waals surface area contributed by atoms with Gasteiger partial charge in [-0.25, -0.2) is 14.1 Å². The molecule has 29 heavy (non-hydrogen) atoms. The van der Waals surface area contributed by atoms with Gasteiger partial charge in [0, 0.05) is 26.2 Å². The van der Waals surface area contributed by atoms with E-state index in [-0.39, 0.29) is 11.7 Å². The molecule has 3 aromatic rings. The van der Waals surface area contributed by atoms with Gasteiger partial charge >= 0.3 is 0 Å². The van der Waals surface area contributed by atoms with Gasteiger partial charge in [-0.2, -0.15) is 0 Å². The average Bonchev–Trinajstić information content (AvgIpc) is 3.24. The maximum absolute atomic E-state index is 13.1. The zero-order valence-corrected chi connectivity index (χ0v) is 16.7. The summed E-state index contributed by atoms with van der Waals surface area (Å²) in [5, 5.41) is 8.16. The smallest absolute Gasteiger partial charge is 0.276 e. The lowest BCUT2D eigenvalue weighted by atomic mass is 10.2. The highest BCUT2D eigenvalue weighted by Crippen LogP contribution is 2.17. The van der Waals surface area contributed by atoms with Gasteiger partial charge in [0.2, 0.25) is 5.89 Å². The molecule has 1 amide bonds. The topological polar surface area (TPSA) is 80.3 Å². The lowest BCUT2D eigenvalue weighted by molar-refractivity contribution is 0.0611. The molecule has 4 rings (SSSR count). The summed E-state index contributed by atoms with van der Waals surface area (Å²) in [4.78, 5) is 21.4. The Hall–Kier alpha value is -3.07. The Balaban J connectivity index is 1.40. The van der Waals surface area contributed by atoms with E-state index in [1.165, 1.54) is 12.1 Å². The second-order valence-electron chi connectivity index (χ2n) is 7.23. The van der Waals surface area contributed by atoms with Crippen molar-refractivity contribution in [1.82, 2.24) is 29.8 Å². The highest BCUT2D eigenvalue weighted by molar-refractivity contribution is 5.93. The molecule has 9 heteroatoms. The van der Waals surface area contributed by atoms with Crippen molar-refractivity contribution in [3.8, 4) is 5.69 Å². The summed E-state index contributed by atoms with van der Waals surface area (Å²) in [5.74, 6) is 1.08. The second kappa shape index (κ2) is 7.75. The normalized spacial score (nSPS) is 15.1. The Morgan fingerprint density at radius 3 is 2.41 bits per heavy atom. The molecule has 152 valence electrons. The number of halogens is 1. The van der Waals surface area contributed by atoms with Crippen LogP contribution in [0, 0.1) is 26.6 Å². The van der Waals surface area contributed by atoms with E-state index in [1.807, 2.05) is 13.8 Å². The molecule has 0 saturated carbocycles. The number of carbonyl (C=O) groups is 1. The molecule has 0 aliphatic carbocycles. The molecule has 0 N–H and O–H groups in total.